The molecule has 0 spiro atoms. The van der Waals surface area contributed by atoms with Gasteiger partial charge in [-0.3, -0.25) is 4.98 Å². The van der Waals surface area contributed by atoms with Crippen molar-refractivity contribution >= 4 is 22.6 Å². The number of ether oxygens (including phenoxy) is 1. The third-order valence-electron chi connectivity index (χ3n) is 9.85. The quantitative estimate of drug-likeness (QED) is 0.137. The average molecular weight is 750 g/mol. The fourth-order valence-electron chi connectivity index (χ4n) is 7.61. The molecule has 3 saturated heterocycles. The number of alkyl halides is 6. The Morgan fingerprint density at radius 2 is 1.71 bits per heavy atom. The number of fused-ring (bicyclic) bond motifs is 4. The van der Waals surface area contributed by atoms with Crippen molar-refractivity contribution in [1.29, 1.82) is 0 Å². The van der Waals surface area contributed by atoms with Crippen LogP contribution >= 0.6 is 0 Å². The SMILES string of the molecule is C=C[C@H]1C[N+]2(Cc3ccccc3)CC[C@H]1C[C@@H]2[C@H](NC(=O)Nc1cc(C(F)(F)F)cc(C(F)(F)F)c1)c1ccnc2ccc(OC)cc12.[Br-]. The van der Waals surface area contributed by atoms with Gasteiger partial charge in [0.25, 0.3) is 0 Å². The molecule has 260 valence electrons. The zero-order chi connectivity index (χ0) is 34.3. The number of methoxy groups -OCH3 is 1. The van der Waals surface area contributed by atoms with Crippen LogP contribution in [0.2, 0.25) is 0 Å². The predicted octanol–water partition coefficient (Wildman–Crippen LogP) is 5.76. The number of pyridine rings is 1. The largest absolute Gasteiger partial charge is 1.00 e. The Bertz CT molecular complexity index is 1790. The molecule has 0 saturated carbocycles. The number of benzene rings is 3. The molecule has 6 nitrogen and oxygen atoms in total. The van der Waals surface area contributed by atoms with Gasteiger partial charge < -0.3 is 36.8 Å². The Kier molecular flexibility index (Phi) is 10.4. The number of carbonyl (C=O) groups excluding carboxylic acids is 1. The second-order valence-corrected chi connectivity index (χ2v) is 12.7. The van der Waals surface area contributed by atoms with E-state index in [2.05, 4.69) is 34.3 Å². The zero-order valence-electron chi connectivity index (χ0n) is 26.5. The molecule has 4 aromatic rings. The number of piperidine rings is 3. The Hall–Kier alpha value is -4.10. The van der Waals surface area contributed by atoms with Gasteiger partial charge in [-0.15, -0.1) is 6.58 Å². The number of halogens is 7. The van der Waals surface area contributed by atoms with Crippen LogP contribution in [-0.2, 0) is 18.9 Å². The van der Waals surface area contributed by atoms with Gasteiger partial charge in [0.1, 0.15) is 24.4 Å². The van der Waals surface area contributed by atoms with Gasteiger partial charge in [-0.1, -0.05) is 36.4 Å². The molecule has 0 radical (unpaired) electrons. The van der Waals surface area contributed by atoms with E-state index >= 15 is 0 Å². The Morgan fingerprint density at radius 1 is 1.02 bits per heavy atom. The summed E-state index contributed by atoms with van der Waals surface area (Å²) in [6, 6.07) is 16.4. The molecule has 2 N–H and O–H groups in total. The Labute approximate surface area is 290 Å². The molecule has 13 heteroatoms. The third-order valence-corrected chi connectivity index (χ3v) is 9.85. The van der Waals surface area contributed by atoms with Gasteiger partial charge >= 0.3 is 18.4 Å². The van der Waals surface area contributed by atoms with Gasteiger partial charge in [0.05, 0.1) is 36.8 Å². The summed E-state index contributed by atoms with van der Waals surface area (Å²) < 4.78 is 87.7. The number of hydrogen-bond donors (Lipinski definition) is 2. The molecule has 7 rings (SSSR count). The van der Waals surface area contributed by atoms with E-state index in [1.807, 2.05) is 30.3 Å². The van der Waals surface area contributed by atoms with E-state index < -0.39 is 41.2 Å². The smallest absolute Gasteiger partial charge is 0.416 e. The maximum atomic E-state index is 13.8. The van der Waals surface area contributed by atoms with Crippen molar-refractivity contribution < 1.29 is 57.3 Å². The highest BCUT2D eigenvalue weighted by atomic mass is 79.9. The highest BCUT2D eigenvalue weighted by Crippen LogP contribution is 2.48. The molecule has 3 fully saturated rings. The normalized spacial score (nSPS) is 22.6. The number of aromatic nitrogens is 1. The second-order valence-electron chi connectivity index (χ2n) is 12.7. The van der Waals surface area contributed by atoms with Gasteiger partial charge in [0.15, 0.2) is 0 Å². The van der Waals surface area contributed by atoms with E-state index in [0.717, 1.165) is 25.1 Å². The van der Waals surface area contributed by atoms with E-state index in [9.17, 15) is 31.1 Å². The van der Waals surface area contributed by atoms with Crippen molar-refractivity contribution in [2.75, 3.05) is 25.5 Å². The summed E-state index contributed by atoms with van der Waals surface area (Å²) in [7, 11) is 1.53. The number of nitrogens with one attached hydrogen (secondary N) is 2. The average Bonchev–Trinajstić information content (AvgIpc) is 3.06. The van der Waals surface area contributed by atoms with Crippen LogP contribution in [0.15, 0.2) is 91.6 Å². The first-order valence-corrected chi connectivity index (χ1v) is 15.6. The van der Waals surface area contributed by atoms with E-state index in [1.165, 1.54) is 7.11 Å². The van der Waals surface area contributed by atoms with Crippen molar-refractivity contribution in [3.05, 3.63) is 114 Å². The number of amides is 2. The van der Waals surface area contributed by atoms with Gasteiger partial charge in [0.2, 0.25) is 0 Å². The summed E-state index contributed by atoms with van der Waals surface area (Å²) >= 11 is 0. The lowest BCUT2D eigenvalue weighted by Crippen LogP contribution is -3.00. The lowest BCUT2D eigenvalue weighted by molar-refractivity contribution is -0.983. The van der Waals surface area contributed by atoms with Gasteiger partial charge in [-0.05, 0) is 53.9 Å². The molecule has 1 unspecified atom stereocenters. The molecule has 4 heterocycles. The molecular formula is C36H35BrF6N4O2. The van der Waals surface area contributed by atoms with Crippen LogP contribution in [0.25, 0.3) is 10.9 Å². The van der Waals surface area contributed by atoms with Crippen LogP contribution in [0.3, 0.4) is 0 Å². The van der Waals surface area contributed by atoms with Crippen LogP contribution in [0.1, 0.15) is 41.1 Å². The van der Waals surface area contributed by atoms with Crippen molar-refractivity contribution in [1.82, 2.24) is 10.3 Å². The van der Waals surface area contributed by atoms with E-state index in [4.69, 9.17) is 4.74 Å². The molecule has 2 bridgehead atoms. The van der Waals surface area contributed by atoms with Gasteiger partial charge in [0, 0.05) is 41.6 Å². The molecule has 49 heavy (non-hydrogen) atoms. The van der Waals surface area contributed by atoms with E-state index in [0.29, 0.717) is 51.8 Å². The summed E-state index contributed by atoms with van der Waals surface area (Å²) in [5.74, 6) is 1.10. The molecule has 0 aliphatic carbocycles. The minimum Gasteiger partial charge on any atom is -1.00 e. The van der Waals surface area contributed by atoms with Crippen LogP contribution in [0.4, 0.5) is 36.8 Å². The van der Waals surface area contributed by atoms with E-state index in [1.54, 1.807) is 24.4 Å². The first-order valence-electron chi connectivity index (χ1n) is 15.6. The van der Waals surface area contributed by atoms with Crippen molar-refractivity contribution in [3.8, 4) is 5.75 Å². The summed E-state index contributed by atoms with van der Waals surface area (Å²) in [5, 5.41) is 6.00. The number of urea groups is 1. The maximum Gasteiger partial charge on any atom is 0.416 e. The minimum absolute atomic E-state index is 0. The predicted molar refractivity (Wildman–Crippen MR) is 170 cm³/mol. The molecule has 1 aromatic heterocycles. The maximum absolute atomic E-state index is 13.8. The molecule has 5 atom stereocenters. The number of hydrogen-bond acceptors (Lipinski definition) is 3. The fourth-order valence-corrected chi connectivity index (χ4v) is 7.61. The van der Waals surface area contributed by atoms with Gasteiger partial charge in [-0.2, -0.15) is 26.3 Å². The number of carbonyl (C=O) groups is 1. The van der Waals surface area contributed by atoms with Crippen LogP contribution < -0.4 is 32.4 Å². The third kappa shape index (κ3) is 7.57. The summed E-state index contributed by atoms with van der Waals surface area (Å²) in [5.41, 5.74) is -1.20. The second kappa shape index (κ2) is 14.0. The Balaban J connectivity index is 0.00000468. The summed E-state index contributed by atoms with van der Waals surface area (Å²) in [4.78, 5) is 18.3. The topological polar surface area (TPSA) is 63.2 Å². The summed E-state index contributed by atoms with van der Waals surface area (Å²) in [6.07, 6.45) is -4.83. The van der Waals surface area contributed by atoms with Crippen LogP contribution in [0, 0.1) is 11.8 Å². The minimum atomic E-state index is -5.06. The van der Waals surface area contributed by atoms with E-state index in [-0.39, 0.29) is 40.9 Å². The number of nitrogens with zero attached hydrogens (tertiary/aromatic N) is 2. The first-order chi connectivity index (χ1) is 22.8. The molecule has 3 aromatic carbocycles. The molecule has 2 amide bonds. The lowest BCUT2D eigenvalue weighted by atomic mass is 9.70. The highest BCUT2D eigenvalue weighted by molar-refractivity contribution is 5.91. The Morgan fingerprint density at radius 3 is 2.35 bits per heavy atom. The monoisotopic (exact) mass is 748 g/mol. The number of rotatable bonds is 8. The standard InChI is InChI=1S/C36H34F6N4O2.BrH/c1-3-23-21-46(20-22-7-5-4-6-8-22)14-12-24(23)15-32(46)33(29-11-13-43-31-10-9-28(48-2)19-30(29)31)45-34(47)44-27-17-25(35(37,38)39)16-26(18-27)36(40,41)42;/h3-11,13,16-19,23-24,32-33H,1,12,14-15,20-21H2,2H3,(H-,44,45,47);1H/t23-,24-,32+,33+,46?;/m0./s1. The summed E-state index contributed by atoms with van der Waals surface area (Å²) in [6.45, 7) is 6.35. The number of quaternary nitrogens is 1. The molecular weight excluding hydrogens is 714 g/mol. The molecule has 3 aliphatic heterocycles. The van der Waals surface area contributed by atoms with Crippen molar-refractivity contribution in [3.63, 3.8) is 0 Å². The van der Waals surface area contributed by atoms with Crippen LogP contribution in [0.5, 0.6) is 5.75 Å². The first kappa shape index (κ1) is 36.2. The fraction of sp³-hybridized carbons (Fsp3) is 0.333. The van der Waals surface area contributed by atoms with Crippen molar-refractivity contribution in [2.45, 2.75) is 43.8 Å². The zero-order valence-corrected chi connectivity index (χ0v) is 28.1. The lowest BCUT2D eigenvalue weighted by Gasteiger charge is -2.58. The number of anilines is 1. The van der Waals surface area contributed by atoms with Crippen molar-refractivity contribution in [2.24, 2.45) is 11.8 Å². The van der Waals surface area contributed by atoms with Crippen LogP contribution in [-0.4, -0.2) is 41.7 Å². The van der Waals surface area contributed by atoms with Gasteiger partial charge in [-0.25, -0.2) is 4.79 Å². The molecule has 3 aliphatic rings. The highest BCUT2D eigenvalue weighted by Gasteiger charge is 2.54.